The van der Waals surface area contributed by atoms with Crippen LogP contribution in [0.3, 0.4) is 0 Å². The molecule has 1 N–H and O–H groups in total. The van der Waals surface area contributed by atoms with Crippen molar-refractivity contribution in [2.45, 2.75) is 30.9 Å². The zero-order chi connectivity index (χ0) is 22.7. The van der Waals surface area contributed by atoms with Crippen LogP contribution in [0.25, 0.3) is 0 Å². The van der Waals surface area contributed by atoms with Gasteiger partial charge in [0.05, 0.1) is 33.5 Å². The largest absolute Gasteiger partial charge is 0.419 e. The van der Waals surface area contributed by atoms with Crippen molar-refractivity contribution in [1.29, 1.82) is 0 Å². The molecule has 1 aromatic carbocycles. The lowest BCUT2D eigenvalue weighted by Crippen LogP contribution is -2.32. The second kappa shape index (κ2) is 6.50. The third-order valence-electron chi connectivity index (χ3n) is 3.17. The minimum absolute atomic E-state index is 0.0907. The highest BCUT2D eigenvalue weighted by Gasteiger charge is 2.60. The van der Waals surface area contributed by atoms with Gasteiger partial charge >= 0.3 is 30.9 Å². The molecule has 0 aromatic heterocycles. The minimum Gasteiger partial charge on any atom is -0.387 e. The van der Waals surface area contributed by atoms with Crippen LogP contribution in [0.5, 0.6) is 0 Å². The molecule has 28 heavy (non-hydrogen) atoms. The van der Waals surface area contributed by atoms with Gasteiger partial charge in [0.1, 0.15) is 0 Å². The highest BCUT2D eigenvalue weighted by Crippen LogP contribution is 2.57. The van der Waals surface area contributed by atoms with Gasteiger partial charge in [-0.05, 0) is 0 Å². The molecular weight excluding hydrogens is 443 g/mol. The number of anilines is 1. The summed E-state index contributed by atoms with van der Waals surface area (Å²) in [4.78, 5) is 0. The van der Waals surface area contributed by atoms with E-state index in [2.05, 4.69) is 0 Å². The van der Waals surface area contributed by atoms with Gasteiger partial charge in [-0.25, -0.2) is 0 Å². The Morgan fingerprint density at radius 1 is 0.393 bits per heavy atom. The standard InChI is InChI=1S/C12H4F15N/c1-28-7-5(11(22,23)24)3(9(16,17)18)2(8(13,14)15)4(10(19,20)21)6(7)12(25,26)27/h28H,1H3. The average Bonchev–Trinajstić information content (AvgIpc) is 2.38. The third kappa shape index (κ3) is 4.34. The van der Waals surface area contributed by atoms with E-state index in [4.69, 9.17) is 0 Å². The Balaban J connectivity index is 4.67. The van der Waals surface area contributed by atoms with Gasteiger partial charge in [-0.1, -0.05) is 0 Å². The number of hydrogen-bond donors (Lipinski definition) is 1. The molecule has 0 aliphatic heterocycles. The van der Waals surface area contributed by atoms with E-state index in [1.54, 1.807) is 0 Å². The van der Waals surface area contributed by atoms with Crippen molar-refractivity contribution >= 4 is 5.69 Å². The van der Waals surface area contributed by atoms with Crippen LogP contribution in [-0.4, -0.2) is 7.05 Å². The van der Waals surface area contributed by atoms with Gasteiger partial charge in [0.2, 0.25) is 0 Å². The molecule has 0 saturated heterocycles. The predicted octanol–water partition coefficient (Wildman–Crippen LogP) is 6.82. The molecule has 16 heteroatoms. The van der Waals surface area contributed by atoms with Crippen LogP contribution in [0, 0.1) is 0 Å². The van der Waals surface area contributed by atoms with E-state index in [-0.39, 0.29) is 7.05 Å². The van der Waals surface area contributed by atoms with E-state index in [0.717, 1.165) is 5.32 Å². The van der Waals surface area contributed by atoms with Crippen LogP contribution >= 0.6 is 0 Å². The molecule has 1 rings (SSSR count). The van der Waals surface area contributed by atoms with Crippen molar-refractivity contribution < 1.29 is 65.9 Å². The van der Waals surface area contributed by atoms with Crippen molar-refractivity contribution in [3.05, 3.63) is 27.8 Å². The molecule has 0 amide bonds. The molecule has 0 saturated carbocycles. The Kier molecular flexibility index (Phi) is 5.58. The number of hydrogen-bond acceptors (Lipinski definition) is 1. The molecule has 0 bridgehead atoms. The van der Waals surface area contributed by atoms with Gasteiger partial charge in [-0.3, -0.25) is 0 Å². The summed E-state index contributed by atoms with van der Waals surface area (Å²) < 4.78 is 195. The van der Waals surface area contributed by atoms with Crippen LogP contribution in [-0.2, 0) is 30.9 Å². The minimum atomic E-state index is -6.87. The maximum atomic E-state index is 13.0. The first-order valence-electron chi connectivity index (χ1n) is 6.33. The average molecular weight is 447 g/mol. The van der Waals surface area contributed by atoms with E-state index < -0.39 is 64.4 Å². The van der Waals surface area contributed by atoms with Crippen LogP contribution in [0.15, 0.2) is 0 Å². The molecule has 0 spiro atoms. The quantitative estimate of drug-likeness (QED) is 0.466. The first-order valence-corrected chi connectivity index (χ1v) is 6.33. The lowest BCUT2D eigenvalue weighted by molar-refractivity contribution is -0.188. The predicted molar refractivity (Wildman–Crippen MR) is 61.0 cm³/mol. The summed E-state index contributed by atoms with van der Waals surface area (Å²) in [5, 5.41) is 0.874. The highest BCUT2D eigenvalue weighted by molar-refractivity contribution is 5.70. The Morgan fingerprint density at radius 3 is 0.714 bits per heavy atom. The van der Waals surface area contributed by atoms with Gasteiger partial charge in [-0.2, -0.15) is 65.9 Å². The maximum absolute atomic E-state index is 13.0. The fraction of sp³-hybridized carbons (Fsp3) is 0.500. The van der Waals surface area contributed by atoms with Crippen LogP contribution in [0.4, 0.5) is 71.5 Å². The van der Waals surface area contributed by atoms with Gasteiger partial charge in [0.25, 0.3) is 0 Å². The van der Waals surface area contributed by atoms with Crippen LogP contribution in [0.1, 0.15) is 27.8 Å². The summed E-state index contributed by atoms with van der Waals surface area (Å²) in [6.07, 6.45) is -33.4. The molecule has 0 heterocycles. The second-order valence-corrected chi connectivity index (χ2v) is 4.99. The molecule has 0 radical (unpaired) electrons. The molecule has 0 atom stereocenters. The Bertz CT molecular complexity index is 688. The van der Waals surface area contributed by atoms with Crippen molar-refractivity contribution in [3.63, 3.8) is 0 Å². The van der Waals surface area contributed by atoms with Crippen molar-refractivity contribution in [2.24, 2.45) is 0 Å². The first kappa shape index (κ1) is 24.0. The Labute approximate surface area is 144 Å². The fourth-order valence-corrected chi connectivity index (χ4v) is 2.42. The summed E-state index contributed by atoms with van der Waals surface area (Å²) in [7, 11) is 0.0907. The second-order valence-electron chi connectivity index (χ2n) is 4.99. The number of nitrogens with one attached hydrogen (secondary N) is 1. The molecule has 162 valence electrons. The third-order valence-corrected chi connectivity index (χ3v) is 3.17. The van der Waals surface area contributed by atoms with E-state index >= 15 is 0 Å². The van der Waals surface area contributed by atoms with Crippen LogP contribution < -0.4 is 5.32 Å². The monoisotopic (exact) mass is 447 g/mol. The maximum Gasteiger partial charge on any atom is 0.419 e. The van der Waals surface area contributed by atoms with Gasteiger partial charge in [0, 0.05) is 7.05 Å². The van der Waals surface area contributed by atoms with E-state index in [1.807, 2.05) is 0 Å². The normalized spacial score (nSPS) is 14.4. The fourth-order valence-electron chi connectivity index (χ4n) is 2.42. The van der Waals surface area contributed by atoms with Crippen molar-refractivity contribution in [2.75, 3.05) is 12.4 Å². The first-order chi connectivity index (χ1) is 12.1. The summed E-state index contributed by atoms with van der Waals surface area (Å²) in [5.74, 6) is 0. The van der Waals surface area contributed by atoms with Gasteiger partial charge in [0.15, 0.2) is 0 Å². The molecule has 1 aromatic rings. The number of benzene rings is 1. The van der Waals surface area contributed by atoms with Crippen molar-refractivity contribution in [3.8, 4) is 0 Å². The van der Waals surface area contributed by atoms with Crippen LogP contribution in [0.2, 0.25) is 0 Å². The lowest BCUT2D eigenvalue weighted by Gasteiger charge is -2.30. The van der Waals surface area contributed by atoms with Gasteiger partial charge < -0.3 is 5.32 Å². The SMILES string of the molecule is CNc1c(C(F)(F)F)c(C(F)(F)F)c(C(F)(F)F)c(C(F)(F)F)c1C(F)(F)F. The molecule has 0 unspecified atom stereocenters. The van der Waals surface area contributed by atoms with E-state index in [1.165, 1.54) is 0 Å². The summed E-state index contributed by atoms with van der Waals surface area (Å²) >= 11 is 0. The van der Waals surface area contributed by atoms with Crippen molar-refractivity contribution in [1.82, 2.24) is 0 Å². The number of rotatable bonds is 1. The lowest BCUT2D eigenvalue weighted by atomic mass is 9.87. The smallest absolute Gasteiger partial charge is 0.387 e. The van der Waals surface area contributed by atoms with E-state index in [0.29, 0.717) is 0 Å². The topological polar surface area (TPSA) is 12.0 Å². The van der Waals surface area contributed by atoms with E-state index in [9.17, 15) is 65.9 Å². The highest BCUT2D eigenvalue weighted by atomic mass is 19.4. The molecule has 0 aliphatic carbocycles. The molecule has 0 aliphatic rings. The zero-order valence-corrected chi connectivity index (χ0v) is 12.7. The zero-order valence-electron chi connectivity index (χ0n) is 12.7. The Hall–Kier alpha value is -2.03. The number of halogens is 15. The Morgan fingerprint density at radius 2 is 0.571 bits per heavy atom. The summed E-state index contributed by atoms with van der Waals surface area (Å²) in [6.45, 7) is 0. The molecule has 0 fully saturated rings. The molecule has 1 nitrogen and oxygen atoms in total. The summed E-state index contributed by atoms with van der Waals surface area (Å²) in [6, 6.07) is 0. The molecular formula is C12H4F15N. The summed E-state index contributed by atoms with van der Waals surface area (Å²) in [5.41, 5.74) is -22.0. The number of alkyl halides is 15. The van der Waals surface area contributed by atoms with Gasteiger partial charge in [-0.15, -0.1) is 0 Å².